The van der Waals surface area contributed by atoms with Crippen LogP contribution in [0.15, 0.2) is 201 Å². The molecule has 7 aromatic heterocycles. The molecule has 68 heavy (non-hydrogen) atoms. The minimum Gasteiger partial charge on any atom is -0.256 e. The number of rotatable bonds is 5. The fourth-order valence-corrected chi connectivity index (χ4v) is 9.76. The van der Waals surface area contributed by atoms with Crippen LogP contribution in [0.3, 0.4) is 0 Å². The summed E-state index contributed by atoms with van der Waals surface area (Å²) >= 11 is 0. The smallest absolute Gasteiger partial charge is 0.164 e. The standard InChI is InChI=1S/C59H33N9/c1-3-15-47-34(9-1)25-40-27-38(17-19-49(40)64-47)57-66-58(39-18-20-50-41(28-39)26-35-10-2-4-16-48(35)65-50)68-59(67-57)44-30-42(53-45-13-7-21-60-51(45)32-36-11-5-23-62-55(36)53)29-43(31-44)54-46-14-8-22-61-52(46)33-37-12-6-24-63-56(37)54/h1-33H. The summed E-state index contributed by atoms with van der Waals surface area (Å²) < 4.78 is 0. The minimum absolute atomic E-state index is 0.507. The van der Waals surface area contributed by atoms with E-state index in [0.29, 0.717) is 17.5 Å². The zero-order valence-electron chi connectivity index (χ0n) is 36.1. The lowest BCUT2D eigenvalue weighted by Gasteiger charge is -2.16. The molecule has 0 amide bonds. The van der Waals surface area contributed by atoms with Gasteiger partial charge in [-0.15, -0.1) is 0 Å². The highest BCUT2D eigenvalue weighted by Crippen LogP contribution is 2.42. The molecule has 0 aliphatic carbocycles. The van der Waals surface area contributed by atoms with Crippen LogP contribution in [0.25, 0.3) is 144 Å². The summed E-state index contributed by atoms with van der Waals surface area (Å²) in [5, 5.41) is 8.05. The van der Waals surface area contributed by atoms with Gasteiger partial charge in [0.2, 0.25) is 0 Å². The number of hydrogen-bond acceptors (Lipinski definition) is 9. The summed E-state index contributed by atoms with van der Waals surface area (Å²) in [5.41, 5.74) is 13.4. The fourth-order valence-electron chi connectivity index (χ4n) is 9.76. The van der Waals surface area contributed by atoms with Gasteiger partial charge in [-0.1, -0.05) is 60.7 Å². The maximum atomic E-state index is 5.38. The zero-order chi connectivity index (χ0) is 44.7. The van der Waals surface area contributed by atoms with E-state index >= 15 is 0 Å². The van der Waals surface area contributed by atoms with E-state index in [1.807, 2.05) is 110 Å². The Kier molecular flexibility index (Phi) is 8.38. The summed E-state index contributed by atoms with van der Waals surface area (Å²) in [6.45, 7) is 0. The molecule has 0 aliphatic heterocycles. The molecule has 0 bridgehead atoms. The minimum atomic E-state index is 0.507. The van der Waals surface area contributed by atoms with Gasteiger partial charge in [0, 0.05) is 95.7 Å². The van der Waals surface area contributed by atoms with Gasteiger partial charge in [-0.3, -0.25) is 19.9 Å². The highest BCUT2D eigenvalue weighted by molar-refractivity contribution is 6.13. The maximum Gasteiger partial charge on any atom is 0.164 e. The maximum absolute atomic E-state index is 5.38. The molecule has 0 spiro atoms. The van der Waals surface area contributed by atoms with Crippen molar-refractivity contribution >= 4 is 87.2 Å². The third kappa shape index (κ3) is 6.29. The second-order valence-electron chi connectivity index (χ2n) is 17.1. The Labute approximate surface area is 387 Å². The highest BCUT2D eigenvalue weighted by atomic mass is 15.0. The fraction of sp³-hybridized carbons (Fsp3) is 0. The van der Waals surface area contributed by atoms with E-state index in [4.69, 9.17) is 44.9 Å². The molecule has 7 heterocycles. The molecule has 7 aromatic carbocycles. The van der Waals surface area contributed by atoms with Crippen molar-refractivity contribution in [3.05, 3.63) is 201 Å². The number of pyridine rings is 6. The number of fused-ring (bicyclic) bond motifs is 8. The summed E-state index contributed by atoms with van der Waals surface area (Å²) in [4.78, 5) is 45.7. The SMILES string of the molecule is c1ccc2nc3ccc(-c4nc(-c5cc(-c6c7cccnc7cc7cccnc67)cc(-c6c7cccnc7cc7cccnc67)c5)nc(-c5ccc6nc7ccccc7cc6c5)n4)cc3cc2c1. The van der Waals surface area contributed by atoms with Gasteiger partial charge < -0.3 is 0 Å². The van der Waals surface area contributed by atoms with Gasteiger partial charge in [-0.2, -0.15) is 0 Å². The van der Waals surface area contributed by atoms with Crippen molar-refractivity contribution in [2.45, 2.75) is 0 Å². The molecular formula is C59H33N9. The van der Waals surface area contributed by atoms with Gasteiger partial charge in [0.15, 0.2) is 17.5 Å². The van der Waals surface area contributed by atoms with Crippen LogP contribution in [-0.4, -0.2) is 44.9 Å². The summed E-state index contributed by atoms with van der Waals surface area (Å²) in [7, 11) is 0. The molecule has 14 aromatic rings. The molecule has 14 rings (SSSR count). The third-order valence-electron chi connectivity index (χ3n) is 12.9. The average molecular weight is 868 g/mol. The van der Waals surface area contributed by atoms with Crippen LogP contribution in [-0.2, 0) is 0 Å². The van der Waals surface area contributed by atoms with E-state index < -0.39 is 0 Å². The summed E-state index contributed by atoms with van der Waals surface area (Å²) in [5.74, 6) is 1.58. The number of aromatic nitrogens is 9. The first-order valence-electron chi connectivity index (χ1n) is 22.4. The van der Waals surface area contributed by atoms with Crippen molar-refractivity contribution in [3.8, 4) is 56.4 Å². The van der Waals surface area contributed by atoms with Gasteiger partial charge >= 0.3 is 0 Å². The van der Waals surface area contributed by atoms with E-state index in [2.05, 4.69) is 91.0 Å². The molecule has 0 aliphatic rings. The Morgan fingerprint density at radius 3 is 1.16 bits per heavy atom. The predicted octanol–water partition coefficient (Wildman–Crippen LogP) is 13.8. The van der Waals surface area contributed by atoms with Crippen LogP contribution in [0.4, 0.5) is 0 Å². The highest BCUT2D eigenvalue weighted by Gasteiger charge is 2.21. The molecular weight excluding hydrogens is 835 g/mol. The Morgan fingerprint density at radius 2 is 0.647 bits per heavy atom. The van der Waals surface area contributed by atoms with Crippen molar-refractivity contribution in [1.82, 2.24) is 44.9 Å². The Bertz CT molecular complexity index is 4030. The normalized spacial score (nSPS) is 11.8. The lowest BCUT2D eigenvalue weighted by atomic mass is 9.90. The van der Waals surface area contributed by atoms with E-state index in [-0.39, 0.29) is 0 Å². The first-order valence-corrected chi connectivity index (χ1v) is 22.4. The average Bonchev–Trinajstić information content (AvgIpc) is 3.39. The van der Waals surface area contributed by atoms with Crippen molar-refractivity contribution in [3.63, 3.8) is 0 Å². The number of nitrogens with zero attached hydrogens (tertiary/aromatic N) is 9. The quantitative estimate of drug-likeness (QED) is 0.156. The molecule has 0 saturated heterocycles. The molecule has 0 saturated carbocycles. The van der Waals surface area contributed by atoms with Crippen LogP contribution >= 0.6 is 0 Å². The Balaban J connectivity index is 1.07. The largest absolute Gasteiger partial charge is 0.256 e. The van der Waals surface area contributed by atoms with Crippen molar-refractivity contribution in [2.24, 2.45) is 0 Å². The van der Waals surface area contributed by atoms with Gasteiger partial charge in [-0.05, 0) is 126 Å². The molecule has 9 heteroatoms. The topological polar surface area (TPSA) is 116 Å². The number of benzene rings is 7. The molecule has 314 valence electrons. The first-order chi connectivity index (χ1) is 33.6. The van der Waals surface area contributed by atoms with E-state index in [1.54, 1.807) is 0 Å². The molecule has 0 fully saturated rings. The first kappa shape index (κ1) is 37.9. The van der Waals surface area contributed by atoms with E-state index in [1.165, 1.54) is 0 Å². The van der Waals surface area contributed by atoms with Crippen LogP contribution < -0.4 is 0 Å². The third-order valence-corrected chi connectivity index (χ3v) is 12.9. The molecule has 9 nitrogen and oxygen atoms in total. The van der Waals surface area contributed by atoms with Crippen molar-refractivity contribution in [1.29, 1.82) is 0 Å². The monoisotopic (exact) mass is 867 g/mol. The van der Waals surface area contributed by atoms with E-state index in [9.17, 15) is 0 Å². The van der Waals surface area contributed by atoms with Gasteiger partial charge in [0.25, 0.3) is 0 Å². The van der Waals surface area contributed by atoms with Crippen LogP contribution in [0, 0.1) is 0 Å². The molecule has 0 N–H and O–H groups in total. The van der Waals surface area contributed by atoms with Crippen molar-refractivity contribution < 1.29 is 0 Å². The van der Waals surface area contributed by atoms with Gasteiger partial charge in [0.1, 0.15) is 0 Å². The lowest BCUT2D eigenvalue weighted by Crippen LogP contribution is -2.01. The second kappa shape index (κ2) is 15.0. The zero-order valence-corrected chi connectivity index (χ0v) is 36.1. The second-order valence-corrected chi connectivity index (χ2v) is 17.1. The molecule has 0 atom stereocenters. The molecule has 0 unspecified atom stereocenters. The molecule has 0 radical (unpaired) electrons. The Hall–Kier alpha value is -9.47. The van der Waals surface area contributed by atoms with Crippen LogP contribution in [0.1, 0.15) is 0 Å². The summed E-state index contributed by atoms with van der Waals surface area (Å²) in [6, 6.07) is 60.3. The number of para-hydroxylation sites is 2. The van der Waals surface area contributed by atoms with Gasteiger partial charge in [-0.25, -0.2) is 24.9 Å². The lowest BCUT2D eigenvalue weighted by molar-refractivity contribution is 1.08. The summed E-state index contributed by atoms with van der Waals surface area (Å²) in [6.07, 6.45) is 7.37. The van der Waals surface area contributed by atoms with Gasteiger partial charge in [0.05, 0.1) is 44.1 Å². The van der Waals surface area contributed by atoms with E-state index in [0.717, 1.165) is 126 Å². The Morgan fingerprint density at radius 1 is 0.235 bits per heavy atom. The van der Waals surface area contributed by atoms with Crippen LogP contribution in [0.5, 0.6) is 0 Å². The van der Waals surface area contributed by atoms with Crippen molar-refractivity contribution in [2.75, 3.05) is 0 Å². The predicted molar refractivity (Wildman–Crippen MR) is 274 cm³/mol. The van der Waals surface area contributed by atoms with Crippen LogP contribution in [0.2, 0.25) is 0 Å². The number of hydrogen-bond donors (Lipinski definition) is 0.